The first-order valence-electron chi connectivity index (χ1n) is 4.61. The highest BCUT2D eigenvalue weighted by Crippen LogP contribution is 2.10. The molecule has 0 fully saturated rings. The van der Waals surface area contributed by atoms with Crippen LogP contribution in [0.25, 0.3) is 12.2 Å². The second-order valence-electron chi connectivity index (χ2n) is 2.37. The molecule has 68 valence electrons. The van der Waals surface area contributed by atoms with Gasteiger partial charge in [0, 0.05) is 12.4 Å². The van der Waals surface area contributed by atoms with Crippen LogP contribution in [-0.2, 0) is 0 Å². The molecule has 0 radical (unpaired) electrons. The minimum absolute atomic E-state index is 0.959. The van der Waals surface area contributed by atoms with Crippen molar-refractivity contribution in [3.05, 3.63) is 35.9 Å². The average molecular weight is 174 g/mol. The molecule has 0 bridgehead atoms. The minimum Gasteiger partial charge on any atom is -0.253 e. The second-order valence-corrected chi connectivity index (χ2v) is 2.37. The van der Waals surface area contributed by atoms with Crippen molar-refractivity contribution in [3.8, 4) is 0 Å². The van der Waals surface area contributed by atoms with E-state index in [2.05, 4.69) is 22.1 Å². The molecule has 2 rings (SSSR count). The lowest BCUT2D eigenvalue weighted by Gasteiger charge is -1.94. The first kappa shape index (κ1) is 9.65. The van der Waals surface area contributed by atoms with Gasteiger partial charge in [-0.25, -0.2) is 0 Å². The maximum Gasteiger partial charge on any atom is 0.0883 e. The molecule has 1 aliphatic carbocycles. The van der Waals surface area contributed by atoms with Gasteiger partial charge in [-0.2, -0.15) is 0 Å². The Bertz CT molecular complexity index is 283. The molecule has 1 heterocycles. The Morgan fingerprint density at radius 3 is 1.85 bits per heavy atom. The van der Waals surface area contributed by atoms with Gasteiger partial charge >= 0.3 is 0 Å². The Kier molecular flexibility index (Phi) is 3.89. The maximum atomic E-state index is 4.18. The number of aromatic nitrogens is 2. The predicted octanol–water partition coefficient (Wildman–Crippen LogP) is 2.93. The van der Waals surface area contributed by atoms with Crippen molar-refractivity contribution in [2.24, 2.45) is 0 Å². The number of nitrogens with zero attached hydrogens (tertiary/aromatic N) is 2. The Labute approximate surface area is 79.0 Å². The lowest BCUT2D eigenvalue weighted by Crippen LogP contribution is -1.87. The van der Waals surface area contributed by atoms with Gasteiger partial charge in [0.2, 0.25) is 0 Å². The third-order valence-corrected chi connectivity index (χ3v) is 1.58. The normalized spacial score (nSPS) is 12.5. The summed E-state index contributed by atoms with van der Waals surface area (Å²) in [6.45, 7) is 4.00. The molecule has 1 aromatic heterocycles. The van der Waals surface area contributed by atoms with Gasteiger partial charge < -0.3 is 0 Å². The van der Waals surface area contributed by atoms with Crippen LogP contribution in [0.15, 0.2) is 24.5 Å². The summed E-state index contributed by atoms with van der Waals surface area (Å²) < 4.78 is 0. The van der Waals surface area contributed by atoms with Gasteiger partial charge in [-0.15, -0.1) is 0 Å². The highest BCUT2D eigenvalue weighted by Gasteiger charge is 1.98. The molecule has 0 atom stereocenters. The van der Waals surface area contributed by atoms with Gasteiger partial charge in [0.1, 0.15) is 0 Å². The average Bonchev–Trinajstić information content (AvgIpc) is 2.45. The molecule has 0 aromatic carbocycles. The largest absolute Gasteiger partial charge is 0.253 e. The number of allylic oxidation sites excluding steroid dienone is 2. The third-order valence-electron chi connectivity index (χ3n) is 1.58. The van der Waals surface area contributed by atoms with Crippen molar-refractivity contribution in [1.29, 1.82) is 0 Å². The topological polar surface area (TPSA) is 25.8 Å². The smallest absolute Gasteiger partial charge is 0.0883 e. The molecule has 2 nitrogen and oxygen atoms in total. The zero-order valence-corrected chi connectivity index (χ0v) is 8.07. The van der Waals surface area contributed by atoms with Crippen molar-refractivity contribution in [2.75, 3.05) is 0 Å². The lowest BCUT2D eigenvalue weighted by molar-refractivity contribution is 1.16. The van der Waals surface area contributed by atoms with E-state index in [0.717, 1.165) is 17.8 Å². The molecular weight excluding hydrogens is 160 g/mol. The van der Waals surface area contributed by atoms with Gasteiger partial charge in [0.05, 0.1) is 11.4 Å². The van der Waals surface area contributed by atoms with E-state index in [1.807, 2.05) is 26.0 Å². The molecule has 1 aromatic rings. The number of fused-ring (bicyclic) bond motifs is 1. The summed E-state index contributed by atoms with van der Waals surface area (Å²) in [6.07, 6.45) is 12.6. The fourth-order valence-electron chi connectivity index (χ4n) is 1.05. The van der Waals surface area contributed by atoms with Crippen molar-refractivity contribution >= 4 is 12.2 Å². The molecule has 13 heavy (non-hydrogen) atoms. The molecule has 0 unspecified atom stereocenters. The summed E-state index contributed by atoms with van der Waals surface area (Å²) in [4.78, 5) is 8.36. The summed E-state index contributed by atoms with van der Waals surface area (Å²) in [5.74, 6) is 0. The fourth-order valence-corrected chi connectivity index (χ4v) is 1.05. The molecule has 0 spiro atoms. The standard InChI is InChI=1S/C9H8N2.C2H6/c1-2-4-8-9(5-3-1)11-7-6-10-8;1-2/h2-7H,1H2;1-2H3. The van der Waals surface area contributed by atoms with Crippen LogP contribution < -0.4 is 0 Å². The van der Waals surface area contributed by atoms with Gasteiger partial charge in [0.25, 0.3) is 0 Å². The first-order valence-corrected chi connectivity index (χ1v) is 4.61. The van der Waals surface area contributed by atoms with Crippen molar-refractivity contribution in [1.82, 2.24) is 9.97 Å². The van der Waals surface area contributed by atoms with Gasteiger partial charge in [0.15, 0.2) is 0 Å². The van der Waals surface area contributed by atoms with E-state index in [0.29, 0.717) is 0 Å². The van der Waals surface area contributed by atoms with Crippen LogP contribution >= 0.6 is 0 Å². The maximum absolute atomic E-state index is 4.18. The molecule has 1 aliphatic rings. The molecule has 0 amide bonds. The van der Waals surface area contributed by atoms with Crippen LogP contribution in [0.1, 0.15) is 31.7 Å². The Morgan fingerprint density at radius 2 is 1.38 bits per heavy atom. The summed E-state index contributed by atoms with van der Waals surface area (Å²) in [5.41, 5.74) is 1.92. The monoisotopic (exact) mass is 174 g/mol. The molecule has 0 saturated heterocycles. The van der Waals surface area contributed by atoms with E-state index in [1.54, 1.807) is 12.4 Å². The molecule has 2 heteroatoms. The number of rotatable bonds is 0. The third kappa shape index (κ3) is 2.51. The predicted molar refractivity (Wildman–Crippen MR) is 56.1 cm³/mol. The second kappa shape index (κ2) is 5.25. The van der Waals surface area contributed by atoms with E-state index in [9.17, 15) is 0 Å². The zero-order chi connectivity index (χ0) is 9.52. The van der Waals surface area contributed by atoms with Crippen LogP contribution in [0, 0.1) is 0 Å². The van der Waals surface area contributed by atoms with E-state index in [1.165, 1.54) is 0 Å². The Morgan fingerprint density at radius 1 is 0.923 bits per heavy atom. The molecule has 0 saturated carbocycles. The van der Waals surface area contributed by atoms with E-state index in [-0.39, 0.29) is 0 Å². The van der Waals surface area contributed by atoms with Crippen molar-refractivity contribution in [3.63, 3.8) is 0 Å². The van der Waals surface area contributed by atoms with Crippen LogP contribution in [0.2, 0.25) is 0 Å². The first-order chi connectivity index (χ1) is 6.47. The Balaban J connectivity index is 0.000000396. The lowest BCUT2D eigenvalue weighted by atomic mass is 10.3. The number of hydrogen-bond acceptors (Lipinski definition) is 2. The SMILES string of the molecule is C1=Cc2nccnc2C=CC1.CC. The van der Waals surface area contributed by atoms with Crippen LogP contribution in [0.5, 0.6) is 0 Å². The zero-order valence-electron chi connectivity index (χ0n) is 8.07. The van der Waals surface area contributed by atoms with E-state index < -0.39 is 0 Å². The van der Waals surface area contributed by atoms with E-state index >= 15 is 0 Å². The molecular formula is C11H14N2. The Hall–Kier alpha value is -1.44. The summed E-state index contributed by atoms with van der Waals surface area (Å²) in [5, 5.41) is 0. The summed E-state index contributed by atoms with van der Waals surface area (Å²) in [7, 11) is 0. The molecule has 0 N–H and O–H groups in total. The fraction of sp³-hybridized carbons (Fsp3) is 0.273. The quantitative estimate of drug-likeness (QED) is 0.604. The van der Waals surface area contributed by atoms with Gasteiger partial charge in [-0.3, -0.25) is 9.97 Å². The van der Waals surface area contributed by atoms with E-state index in [4.69, 9.17) is 0 Å². The summed E-state index contributed by atoms with van der Waals surface area (Å²) in [6, 6.07) is 0. The number of hydrogen-bond donors (Lipinski definition) is 0. The minimum atomic E-state index is 0.959. The molecule has 0 aliphatic heterocycles. The van der Waals surface area contributed by atoms with Crippen LogP contribution in [-0.4, -0.2) is 9.97 Å². The van der Waals surface area contributed by atoms with Gasteiger partial charge in [-0.05, 0) is 18.6 Å². The summed E-state index contributed by atoms with van der Waals surface area (Å²) >= 11 is 0. The van der Waals surface area contributed by atoms with Crippen LogP contribution in [0.4, 0.5) is 0 Å². The van der Waals surface area contributed by atoms with Crippen molar-refractivity contribution in [2.45, 2.75) is 20.3 Å². The van der Waals surface area contributed by atoms with Crippen molar-refractivity contribution < 1.29 is 0 Å². The highest BCUT2D eigenvalue weighted by molar-refractivity contribution is 5.61. The van der Waals surface area contributed by atoms with Gasteiger partial charge in [-0.1, -0.05) is 26.0 Å². The van der Waals surface area contributed by atoms with Crippen LogP contribution in [0.3, 0.4) is 0 Å². The highest BCUT2D eigenvalue weighted by atomic mass is 14.8.